The first-order valence-corrected chi connectivity index (χ1v) is 19.5. The van der Waals surface area contributed by atoms with Gasteiger partial charge in [0.25, 0.3) is 0 Å². The van der Waals surface area contributed by atoms with E-state index >= 15 is 0 Å². The maximum absolute atomic E-state index is 2.41. The molecule has 0 amide bonds. The number of hydrogen-bond donors (Lipinski definition) is 0. The Hall–Kier alpha value is -7.62. The second kappa shape index (κ2) is 13.6. The molecule has 0 spiro atoms. The summed E-state index contributed by atoms with van der Waals surface area (Å²) in [5.74, 6) is 0. The maximum atomic E-state index is 2.41. The molecule has 0 aliphatic rings. The molecule has 0 atom stereocenters. The van der Waals surface area contributed by atoms with E-state index in [-0.39, 0.29) is 0 Å². The predicted octanol–water partition coefficient (Wildman–Crippen LogP) is 14.7. The average molecular weight is 728 g/mol. The van der Waals surface area contributed by atoms with Crippen LogP contribution in [-0.2, 0) is 0 Å². The van der Waals surface area contributed by atoms with Crippen LogP contribution in [0.15, 0.2) is 224 Å². The Kier molecular flexibility index (Phi) is 7.82. The van der Waals surface area contributed by atoms with E-state index in [0.29, 0.717) is 0 Å². The summed E-state index contributed by atoms with van der Waals surface area (Å²) in [6.45, 7) is 0. The van der Waals surface area contributed by atoms with E-state index in [1.807, 2.05) is 0 Å². The third-order valence-electron chi connectivity index (χ3n) is 11.3. The molecule has 0 bridgehead atoms. The highest BCUT2D eigenvalue weighted by atomic mass is 15.1. The zero-order chi connectivity index (χ0) is 37.7. The fourth-order valence-corrected chi connectivity index (χ4v) is 8.67. The molecule has 0 unspecified atom stereocenters. The Bertz CT molecular complexity index is 3170. The second-order valence-electron chi connectivity index (χ2n) is 14.6. The molecule has 0 saturated carbocycles. The van der Waals surface area contributed by atoms with Gasteiger partial charge in [-0.3, -0.25) is 0 Å². The molecule has 9 aromatic carbocycles. The lowest BCUT2D eigenvalue weighted by Crippen LogP contribution is -2.09. The van der Waals surface area contributed by atoms with Crippen molar-refractivity contribution in [3.63, 3.8) is 0 Å². The Morgan fingerprint density at radius 1 is 0.246 bits per heavy atom. The molecule has 2 aromatic heterocycles. The van der Waals surface area contributed by atoms with Crippen molar-refractivity contribution in [2.75, 3.05) is 4.90 Å². The van der Waals surface area contributed by atoms with Gasteiger partial charge in [0.15, 0.2) is 0 Å². The van der Waals surface area contributed by atoms with Gasteiger partial charge in [-0.2, -0.15) is 0 Å². The lowest BCUT2D eigenvalue weighted by molar-refractivity contribution is 1.18. The Morgan fingerprint density at radius 2 is 0.649 bits per heavy atom. The lowest BCUT2D eigenvalue weighted by Gasteiger charge is -2.25. The van der Waals surface area contributed by atoms with E-state index in [9.17, 15) is 0 Å². The molecule has 0 aliphatic carbocycles. The van der Waals surface area contributed by atoms with E-state index in [1.54, 1.807) is 0 Å². The average Bonchev–Trinajstić information content (AvgIpc) is 3.80. The van der Waals surface area contributed by atoms with Crippen LogP contribution in [0, 0.1) is 0 Å². The van der Waals surface area contributed by atoms with Gasteiger partial charge in [-0.1, -0.05) is 127 Å². The van der Waals surface area contributed by atoms with E-state index < -0.39 is 0 Å². The molecule has 2 heterocycles. The largest absolute Gasteiger partial charge is 0.311 e. The van der Waals surface area contributed by atoms with E-state index in [1.165, 1.54) is 71.6 Å². The molecule has 57 heavy (non-hydrogen) atoms. The van der Waals surface area contributed by atoms with Crippen LogP contribution in [0.3, 0.4) is 0 Å². The smallest absolute Gasteiger partial charge is 0.0541 e. The minimum Gasteiger partial charge on any atom is -0.311 e. The molecule has 0 N–H and O–H groups in total. The van der Waals surface area contributed by atoms with Crippen molar-refractivity contribution in [2.45, 2.75) is 0 Å². The van der Waals surface area contributed by atoms with Crippen molar-refractivity contribution >= 4 is 60.7 Å². The van der Waals surface area contributed by atoms with Crippen molar-refractivity contribution < 1.29 is 0 Å². The van der Waals surface area contributed by atoms with E-state index in [0.717, 1.165) is 22.7 Å². The van der Waals surface area contributed by atoms with Crippen LogP contribution >= 0.6 is 0 Å². The van der Waals surface area contributed by atoms with Gasteiger partial charge < -0.3 is 14.0 Å². The van der Waals surface area contributed by atoms with Crippen LogP contribution < -0.4 is 4.90 Å². The second-order valence-corrected chi connectivity index (χ2v) is 14.6. The summed E-state index contributed by atoms with van der Waals surface area (Å²) in [5, 5.41) is 5.00. The Morgan fingerprint density at radius 3 is 1.21 bits per heavy atom. The van der Waals surface area contributed by atoms with Crippen LogP contribution in [0.1, 0.15) is 0 Å². The first-order valence-electron chi connectivity index (χ1n) is 19.5. The van der Waals surface area contributed by atoms with Gasteiger partial charge in [-0.05, 0) is 119 Å². The number of anilines is 3. The third kappa shape index (κ3) is 5.60. The zero-order valence-corrected chi connectivity index (χ0v) is 31.2. The Labute approximate surface area is 331 Å². The topological polar surface area (TPSA) is 13.1 Å². The van der Waals surface area contributed by atoms with Gasteiger partial charge in [-0.25, -0.2) is 0 Å². The Balaban J connectivity index is 0.985. The summed E-state index contributed by atoms with van der Waals surface area (Å²) in [5.41, 5.74) is 15.3. The van der Waals surface area contributed by atoms with Crippen molar-refractivity contribution in [3.05, 3.63) is 224 Å². The zero-order valence-electron chi connectivity index (χ0n) is 31.2. The highest BCUT2D eigenvalue weighted by Crippen LogP contribution is 2.40. The molecule has 3 heteroatoms. The fourth-order valence-electron chi connectivity index (χ4n) is 8.67. The summed E-state index contributed by atoms with van der Waals surface area (Å²) < 4.78 is 4.79. The van der Waals surface area contributed by atoms with Gasteiger partial charge in [0.1, 0.15) is 0 Å². The number of benzene rings is 9. The van der Waals surface area contributed by atoms with Crippen LogP contribution in [-0.4, -0.2) is 9.13 Å². The first-order chi connectivity index (χ1) is 28.3. The van der Waals surface area contributed by atoms with Crippen LogP contribution in [0.2, 0.25) is 0 Å². The number of rotatable bonds is 7. The fraction of sp³-hybridized carbons (Fsp3) is 0. The minimum atomic E-state index is 1.12. The summed E-state index contributed by atoms with van der Waals surface area (Å²) in [4.78, 5) is 2.30. The molecule has 0 fully saturated rings. The van der Waals surface area contributed by atoms with Crippen LogP contribution in [0.25, 0.3) is 77.2 Å². The summed E-state index contributed by atoms with van der Waals surface area (Å²) >= 11 is 0. The van der Waals surface area contributed by atoms with Crippen LogP contribution in [0.4, 0.5) is 17.1 Å². The number of para-hydroxylation sites is 5. The lowest BCUT2D eigenvalue weighted by atomic mass is 10.0. The van der Waals surface area contributed by atoms with Crippen molar-refractivity contribution in [2.24, 2.45) is 0 Å². The van der Waals surface area contributed by atoms with E-state index in [4.69, 9.17) is 0 Å². The van der Waals surface area contributed by atoms with Gasteiger partial charge in [-0.15, -0.1) is 0 Å². The monoisotopic (exact) mass is 727 g/mol. The molecular weight excluding hydrogens is 691 g/mol. The molecule has 0 saturated heterocycles. The maximum Gasteiger partial charge on any atom is 0.0541 e. The minimum absolute atomic E-state index is 1.12. The molecule has 0 radical (unpaired) electrons. The SMILES string of the molecule is c1ccc(N(c2ccccc2)c2ccc(-c3cccc(-n4c5ccccc5c5cc(-c6ccc7c(c6)c6ccccc6n7-c6ccccc6)ccc54)c3)cc2)cc1. The number of aromatic nitrogens is 2. The number of hydrogen-bond acceptors (Lipinski definition) is 1. The summed E-state index contributed by atoms with van der Waals surface area (Å²) in [6.07, 6.45) is 0. The third-order valence-corrected chi connectivity index (χ3v) is 11.3. The van der Waals surface area contributed by atoms with Crippen molar-refractivity contribution in [1.29, 1.82) is 0 Å². The van der Waals surface area contributed by atoms with Crippen LogP contribution in [0.5, 0.6) is 0 Å². The van der Waals surface area contributed by atoms with Gasteiger partial charge in [0, 0.05) is 50.0 Å². The van der Waals surface area contributed by atoms with Gasteiger partial charge in [0.05, 0.1) is 22.1 Å². The molecular formula is C54H37N3. The molecule has 3 nitrogen and oxygen atoms in total. The molecule has 11 rings (SSSR count). The van der Waals surface area contributed by atoms with Crippen molar-refractivity contribution in [3.8, 4) is 33.6 Å². The molecule has 11 aromatic rings. The summed E-state index contributed by atoms with van der Waals surface area (Å²) in [6, 6.07) is 81.0. The van der Waals surface area contributed by atoms with Gasteiger partial charge >= 0.3 is 0 Å². The highest BCUT2D eigenvalue weighted by molar-refractivity contribution is 6.12. The summed E-state index contributed by atoms with van der Waals surface area (Å²) in [7, 11) is 0. The van der Waals surface area contributed by atoms with E-state index in [2.05, 4.69) is 238 Å². The molecule has 0 aliphatic heterocycles. The number of fused-ring (bicyclic) bond motifs is 6. The highest BCUT2D eigenvalue weighted by Gasteiger charge is 2.17. The molecule has 268 valence electrons. The number of nitrogens with zero attached hydrogens (tertiary/aromatic N) is 3. The van der Waals surface area contributed by atoms with Crippen molar-refractivity contribution in [1.82, 2.24) is 9.13 Å². The predicted molar refractivity (Wildman–Crippen MR) is 241 cm³/mol. The van der Waals surface area contributed by atoms with Gasteiger partial charge in [0.2, 0.25) is 0 Å². The standard InChI is InChI=1S/C54H37N3/c1-4-16-42(17-5-1)55(43-18-6-2-7-19-43)45-31-27-38(28-32-45)39-15-14-22-46(35-39)57-52-26-13-11-24-48(52)50-37-41(30-34-54(50)57)40-29-33-53-49(36-40)47-23-10-12-25-51(47)56(53)44-20-8-3-9-21-44/h1-37H. The quantitative estimate of drug-likeness (QED) is 0.159. The normalized spacial score (nSPS) is 11.5. The first kappa shape index (κ1) is 32.8.